The second kappa shape index (κ2) is 12.3. The van der Waals surface area contributed by atoms with E-state index in [0.29, 0.717) is 23.8 Å². The number of hydrogen-bond donors (Lipinski definition) is 2. The molecule has 1 aliphatic heterocycles. The van der Waals surface area contributed by atoms with Crippen molar-refractivity contribution in [2.75, 3.05) is 54.6 Å². The lowest BCUT2D eigenvalue weighted by Crippen LogP contribution is -2.38. The van der Waals surface area contributed by atoms with Gasteiger partial charge in [0.15, 0.2) is 17.5 Å². The van der Waals surface area contributed by atoms with E-state index in [2.05, 4.69) is 20.5 Å². The monoisotopic (exact) mass is 392 g/mol. The Morgan fingerprint density at radius 2 is 1.68 bits per heavy atom. The third kappa shape index (κ3) is 6.48. The number of benzene rings is 1. The van der Waals surface area contributed by atoms with Crippen LogP contribution < -0.4 is 24.8 Å². The molecule has 0 aliphatic carbocycles. The maximum Gasteiger partial charge on any atom is 0.203 e. The van der Waals surface area contributed by atoms with Crippen molar-refractivity contribution in [2.24, 2.45) is 4.99 Å². The Morgan fingerprint density at radius 1 is 0.964 bits per heavy atom. The molecule has 0 aromatic heterocycles. The number of guanidine groups is 1. The highest BCUT2D eigenvalue weighted by molar-refractivity contribution is 5.79. The van der Waals surface area contributed by atoms with Gasteiger partial charge in [-0.15, -0.1) is 0 Å². The van der Waals surface area contributed by atoms with E-state index in [9.17, 15) is 0 Å². The first kappa shape index (κ1) is 22.1. The third-order valence-electron chi connectivity index (χ3n) is 5.10. The van der Waals surface area contributed by atoms with Crippen LogP contribution in [0, 0.1) is 0 Å². The number of rotatable bonds is 9. The molecule has 7 nitrogen and oxygen atoms in total. The van der Waals surface area contributed by atoms with Gasteiger partial charge in [-0.2, -0.15) is 0 Å². The second-order valence-electron chi connectivity index (χ2n) is 6.96. The maximum atomic E-state index is 5.54. The van der Waals surface area contributed by atoms with Crippen LogP contribution in [-0.4, -0.2) is 65.4 Å². The van der Waals surface area contributed by atoms with E-state index in [1.807, 2.05) is 12.1 Å². The molecule has 1 aromatic rings. The normalized spacial score (nSPS) is 15.6. The summed E-state index contributed by atoms with van der Waals surface area (Å²) < 4.78 is 16.3. The summed E-state index contributed by atoms with van der Waals surface area (Å²) >= 11 is 0. The molecule has 1 aliphatic rings. The fourth-order valence-corrected chi connectivity index (χ4v) is 3.57. The topological polar surface area (TPSA) is 67.4 Å². The van der Waals surface area contributed by atoms with Crippen LogP contribution in [0.4, 0.5) is 0 Å². The molecule has 0 unspecified atom stereocenters. The lowest BCUT2D eigenvalue weighted by Gasteiger charge is -2.20. The molecule has 0 spiro atoms. The fourth-order valence-electron chi connectivity index (χ4n) is 3.57. The van der Waals surface area contributed by atoms with E-state index in [4.69, 9.17) is 14.2 Å². The number of nitrogens with zero attached hydrogens (tertiary/aromatic N) is 2. The maximum absolute atomic E-state index is 5.54. The molecule has 158 valence electrons. The van der Waals surface area contributed by atoms with E-state index in [0.717, 1.165) is 31.0 Å². The molecule has 0 amide bonds. The van der Waals surface area contributed by atoms with Gasteiger partial charge in [-0.3, -0.25) is 4.99 Å². The molecule has 2 N–H and O–H groups in total. The van der Waals surface area contributed by atoms with Crippen LogP contribution in [0.2, 0.25) is 0 Å². The van der Waals surface area contributed by atoms with Gasteiger partial charge in [0.2, 0.25) is 5.75 Å². The van der Waals surface area contributed by atoms with Gasteiger partial charge in [-0.05, 0) is 51.0 Å². The fraction of sp³-hybridized carbons (Fsp3) is 0.667. The SMILES string of the molecule is CN=C(NCCCN1CCCCCC1)NCc1ccc(OC)c(OC)c1OC. The Morgan fingerprint density at radius 3 is 2.29 bits per heavy atom. The Balaban J connectivity index is 1.81. The number of methoxy groups -OCH3 is 3. The molecular formula is C21H36N4O3. The predicted molar refractivity (Wildman–Crippen MR) is 114 cm³/mol. The average molecular weight is 393 g/mol. The smallest absolute Gasteiger partial charge is 0.203 e. The zero-order valence-corrected chi connectivity index (χ0v) is 17.8. The molecule has 7 heteroatoms. The summed E-state index contributed by atoms with van der Waals surface area (Å²) in [6.45, 7) is 5.11. The van der Waals surface area contributed by atoms with Gasteiger partial charge in [0, 0.05) is 25.7 Å². The quantitative estimate of drug-likeness (QED) is 0.383. The van der Waals surface area contributed by atoms with Crippen LogP contribution in [0.3, 0.4) is 0 Å². The van der Waals surface area contributed by atoms with Crippen molar-refractivity contribution in [2.45, 2.75) is 38.6 Å². The molecule has 1 heterocycles. The molecule has 1 aromatic carbocycles. The van der Waals surface area contributed by atoms with Crippen LogP contribution in [0.5, 0.6) is 17.2 Å². The van der Waals surface area contributed by atoms with Gasteiger partial charge in [0.1, 0.15) is 0 Å². The van der Waals surface area contributed by atoms with Crippen molar-refractivity contribution in [3.63, 3.8) is 0 Å². The number of likely N-dealkylation sites (tertiary alicyclic amines) is 1. The zero-order chi connectivity index (χ0) is 20.2. The first-order valence-corrected chi connectivity index (χ1v) is 10.2. The molecule has 0 atom stereocenters. The lowest BCUT2D eigenvalue weighted by molar-refractivity contribution is 0.282. The molecule has 0 radical (unpaired) electrons. The van der Waals surface area contributed by atoms with Crippen LogP contribution >= 0.6 is 0 Å². The second-order valence-corrected chi connectivity index (χ2v) is 6.96. The van der Waals surface area contributed by atoms with Crippen molar-refractivity contribution in [3.05, 3.63) is 17.7 Å². The van der Waals surface area contributed by atoms with Gasteiger partial charge in [-0.1, -0.05) is 12.8 Å². The highest BCUT2D eigenvalue weighted by atomic mass is 16.5. The molecule has 2 rings (SSSR count). The van der Waals surface area contributed by atoms with Crippen LogP contribution in [0.1, 0.15) is 37.7 Å². The van der Waals surface area contributed by atoms with Gasteiger partial charge in [0.25, 0.3) is 0 Å². The highest BCUT2D eigenvalue weighted by Crippen LogP contribution is 2.39. The minimum absolute atomic E-state index is 0.579. The van der Waals surface area contributed by atoms with Crippen molar-refractivity contribution in [3.8, 4) is 17.2 Å². The van der Waals surface area contributed by atoms with E-state index in [1.165, 1.54) is 38.8 Å². The molecule has 28 heavy (non-hydrogen) atoms. The Kier molecular flexibility index (Phi) is 9.76. The van der Waals surface area contributed by atoms with E-state index in [1.54, 1.807) is 28.4 Å². The first-order valence-electron chi connectivity index (χ1n) is 10.2. The van der Waals surface area contributed by atoms with Gasteiger partial charge in [0.05, 0.1) is 21.3 Å². The van der Waals surface area contributed by atoms with E-state index < -0.39 is 0 Å². The van der Waals surface area contributed by atoms with Crippen LogP contribution in [-0.2, 0) is 6.54 Å². The standard InChI is InChI=1S/C21H36N4O3/c1-22-21(23-12-9-15-25-13-7-5-6-8-14-25)24-16-17-10-11-18(26-2)20(28-4)19(17)27-3/h10-11H,5-9,12-16H2,1-4H3,(H2,22,23,24). The molecular weight excluding hydrogens is 356 g/mol. The Bertz CT molecular complexity index is 614. The molecule has 1 fully saturated rings. The minimum Gasteiger partial charge on any atom is -0.493 e. The van der Waals surface area contributed by atoms with Crippen molar-refractivity contribution in [1.29, 1.82) is 0 Å². The Hall–Kier alpha value is -2.15. The third-order valence-corrected chi connectivity index (χ3v) is 5.10. The Labute approximate surface area is 169 Å². The first-order chi connectivity index (χ1) is 13.7. The van der Waals surface area contributed by atoms with Crippen LogP contribution in [0.15, 0.2) is 17.1 Å². The lowest BCUT2D eigenvalue weighted by atomic mass is 10.1. The minimum atomic E-state index is 0.579. The summed E-state index contributed by atoms with van der Waals surface area (Å²) in [4.78, 5) is 6.90. The molecule has 0 bridgehead atoms. The van der Waals surface area contributed by atoms with Gasteiger partial charge < -0.3 is 29.7 Å². The van der Waals surface area contributed by atoms with Crippen molar-refractivity contribution in [1.82, 2.24) is 15.5 Å². The largest absolute Gasteiger partial charge is 0.493 e. The number of aliphatic imine (C=N–C) groups is 1. The summed E-state index contributed by atoms with van der Waals surface area (Å²) in [6.07, 6.45) is 6.55. The predicted octanol–water partition coefficient (Wildman–Crippen LogP) is 2.64. The van der Waals surface area contributed by atoms with E-state index in [-0.39, 0.29) is 0 Å². The summed E-state index contributed by atoms with van der Waals surface area (Å²) in [5, 5.41) is 6.75. The molecule has 1 saturated heterocycles. The summed E-state index contributed by atoms with van der Waals surface area (Å²) in [6, 6.07) is 3.86. The van der Waals surface area contributed by atoms with Crippen molar-refractivity contribution >= 4 is 5.96 Å². The molecule has 0 saturated carbocycles. The number of hydrogen-bond acceptors (Lipinski definition) is 5. The highest BCUT2D eigenvalue weighted by Gasteiger charge is 2.16. The number of nitrogens with one attached hydrogen (secondary N) is 2. The summed E-state index contributed by atoms with van der Waals surface area (Å²) in [5.74, 6) is 2.71. The van der Waals surface area contributed by atoms with Crippen LogP contribution in [0.25, 0.3) is 0 Å². The zero-order valence-electron chi connectivity index (χ0n) is 17.8. The van der Waals surface area contributed by atoms with Crippen molar-refractivity contribution < 1.29 is 14.2 Å². The number of ether oxygens (including phenoxy) is 3. The van der Waals surface area contributed by atoms with Gasteiger partial charge >= 0.3 is 0 Å². The van der Waals surface area contributed by atoms with E-state index >= 15 is 0 Å². The summed E-state index contributed by atoms with van der Waals surface area (Å²) in [5.41, 5.74) is 0.979. The van der Waals surface area contributed by atoms with Gasteiger partial charge in [-0.25, -0.2) is 0 Å². The summed E-state index contributed by atoms with van der Waals surface area (Å²) in [7, 11) is 6.65. The average Bonchev–Trinajstić information content (AvgIpc) is 3.01.